The molecule has 0 saturated heterocycles. The lowest BCUT2D eigenvalue weighted by Gasteiger charge is -2.16. The molecule has 0 heterocycles. The Labute approximate surface area is 160 Å². The van der Waals surface area contributed by atoms with Crippen molar-refractivity contribution in [3.05, 3.63) is 52.0 Å². The fourth-order valence-corrected chi connectivity index (χ4v) is 2.44. The Bertz CT molecular complexity index is 825. The number of hydrogen-bond donors (Lipinski definition) is 1. The molecule has 1 unspecified atom stereocenters. The first kappa shape index (κ1) is 19.9. The standard InChI is InChI=1S/C18H17Cl2NO5/c1-10(26-18(23)13-8-11(19)4-6-14(13)20)17(22)21-15-9-12(24-2)5-7-16(15)25-3/h4-10H,1-3H3,(H,21,22). The molecule has 0 bridgehead atoms. The Morgan fingerprint density at radius 2 is 1.77 bits per heavy atom. The summed E-state index contributed by atoms with van der Waals surface area (Å²) in [7, 11) is 2.98. The van der Waals surface area contributed by atoms with Crippen LogP contribution < -0.4 is 14.8 Å². The first-order valence-electron chi connectivity index (χ1n) is 7.54. The first-order valence-corrected chi connectivity index (χ1v) is 8.30. The second-order valence-electron chi connectivity index (χ2n) is 5.23. The molecule has 0 aliphatic heterocycles. The Morgan fingerprint density at radius 1 is 1.04 bits per heavy atom. The van der Waals surface area contributed by atoms with Gasteiger partial charge in [0.05, 0.1) is 30.5 Å². The molecule has 1 N–H and O–H groups in total. The van der Waals surface area contributed by atoms with Crippen LogP contribution in [0.2, 0.25) is 10.0 Å². The zero-order valence-electron chi connectivity index (χ0n) is 14.3. The molecule has 0 saturated carbocycles. The number of methoxy groups -OCH3 is 2. The highest BCUT2D eigenvalue weighted by Crippen LogP contribution is 2.29. The van der Waals surface area contributed by atoms with Crippen LogP contribution in [0.3, 0.4) is 0 Å². The maximum absolute atomic E-state index is 12.4. The van der Waals surface area contributed by atoms with Crippen molar-refractivity contribution >= 4 is 40.8 Å². The minimum absolute atomic E-state index is 0.0813. The number of carbonyl (C=O) groups excluding carboxylic acids is 2. The molecule has 26 heavy (non-hydrogen) atoms. The van der Waals surface area contributed by atoms with Gasteiger partial charge in [0.2, 0.25) is 0 Å². The number of carbonyl (C=O) groups is 2. The van der Waals surface area contributed by atoms with E-state index in [0.717, 1.165) is 0 Å². The molecule has 138 valence electrons. The van der Waals surface area contributed by atoms with Gasteiger partial charge in [-0.1, -0.05) is 23.2 Å². The van der Waals surface area contributed by atoms with Gasteiger partial charge in [0.15, 0.2) is 6.10 Å². The van der Waals surface area contributed by atoms with Crippen molar-refractivity contribution in [2.24, 2.45) is 0 Å². The van der Waals surface area contributed by atoms with Crippen LogP contribution in [0, 0.1) is 0 Å². The summed E-state index contributed by atoms with van der Waals surface area (Å²) in [5.74, 6) is -0.312. The summed E-state index contributed by atoms with van der Waals surface area (Å²) in [6.45, 7) is 1.44. The third-order valence-corrected chi connectivity index (χ3v) is 4.03. The number of nitrogens with one attached hydrogen (secondary N) is 1. The van der Waals surface area contributed by atoms with Gasteiger partial charge in [-0.05, 0) is 37.3 Å². The molecular weight excluding hydrogens is 381 g/mol. The van der Waals surface area contributed by atoms with Crippen molar-refractivity contribution in [3.8, 4) is 11.5 Å². The van der Waals surface area contributed by atoms with Crippen molar-refractivity contribution in [2.75, 3.05) is 19.5 Å². The molecule has 2 aromatic carbocycles. The van der Waals surface area contributed by atoms with Gasteiger partial charge >= 0.3 is 5.97 Å². The molecule has 0 aliphatic carbocycles. The molecule has 0 fully saturated rings. The second-order valence-corrected chi connectivity index (χ2v) is 6.07. The fourth-order valence-electron chi connectivity index (χ4n) is 2.08. The lowest BCUT2D eigenvalue weighted by molar-refractivity contribution is -0.123. The highest BCUT2D eigenvalue weighted by Gasteiger charge is 2.22. The van der Waals surface area contributed by atoms with Crippen molar-refractivity contribution < 1.29 is 23.8 Å². The van der Waals surface area contributed by atoms with E-state index in [1.807, 2.05) is 0 Å². The molecule has 0 aliphatic rings. The summed E-state index contributed by atoms with van der Waals surface area (Å²) in [5.41, 5.74) is 0.471. The number of ether oxygens (including phenoxy) is 3. The summed E-state index contributed by atoms with van der Waals surface area (Å²) in [6.07, 6.45) is -1.08. The van der Waals surface area contributed by atoms with E-state index in [2.05, 4.69) is 5.32 Å². The summed E-state index contributed by atoms with van der Waals surface area (Å²) in [6, 6.07) is 9.34. The van der Waals surface area contributed by atoms with Crippen LogP contribution in [0.5, 0.6) is 11.5 Å². The van der Waals surface area contributed by atoms with Gasteiger partial charge < -0.3 is 19.5 Å². The molecule has 1 amide bonds. The normalized spacial score (nSPS) is 11.4. The minimum atomic E-state index is -1.08. The van der Waals surface area contributed by atoms with E-state index in [4.69, 9.17) is 37.4 Å². The number of rotatable bonds is 6. The van der Waals surface area contributed by atoms with Crippen molar-refractivity contribution in [3.63, 3.8) is 0 Å². The Hall–Kier alpha value is -2.44. The number of amides is 1. The van der Waals surface area contributed by atoms with Gasteiger partial charge in [0.25, 0.3) is 5.91 Å². The number of esters is 1. The van der Waals surface area contributed by atoms with Crippen molar-refractivity contribution in [1.82, 2.24) is 0 Å². The van der Waals surface area contributed by atoms with Gasteiger partial charge in [-0.3, -0.25) is 4.79 Å². The quantitative estimate of drug-likeness (QED) is 0.739. The lowest BCUT2D eigenvalue weighted by Crippen LogP contribution is -2.30. The SMILES string of the molecule is COc1ccc(OC)c(NC(=O)C(C)OC(=O)c2cc(Cl)ccc2Cl)c1. The van der Waals surface area contributed by atoms with Gasteiger partial charge in [0, 0.05) is 11.1 Å². The topological polar surface area (TPSA) is 73.9 Å². The van der Waals surface area contributed by atoms with Crippen LogP contribution in [0.15, 0.2) is 36.4 Å². The van der Waals surface area contributed by atoms with Crippen molar-refractivity contribution in [2.45, 2.75) is 13.0 Å². The predicted octanol–water partition coefficient (Wildman–Crippen LogP) is 4.19. The average Bonchev–Trinajstić information content (AvgIpc) is 2.63. The van der Waals surface area contributed by atoms with Gasteiger partial charge in [-0.15, -0.1) is 0 Å². The maximum Gasteiger partial charge on any atom is 0.340 e. The lowest BCUT2D eigenvalue weighted by atomic mass is 10.2. The zero-order valence-corrected chi connectivity index (χ0v) is 15.9. The average molecular weight is 398 g/mol. The Morgan fingerprint density at radius 3 is 2.42 bits per heavy atom. The summed E-state index contributed by atoms with van der Waals surface area (Å²) in [4.78, 5) is 24.6. The van der Waals surface area contributed by atoms with E-state index in [1.165, 1.54) is 33.3 Å². The molecule has 0 radical (unpaired) electrons. The molecule has 6 nitrogen and oxygen atoms in total. The molecule has 1 atom stereocenters. The number of hydrogen-bond acceptors (Lipinski definition) is 5. The molecule has 2 rings (SSSR count). The van der Waals surface area contributed by atoms with E-state index in [9.17, 15) is 9.59 Å². The monoisotopic (exact) mass is 397 g/mol. The van der Waals surface area contributed by atoms with E-state index in [0.29, 0.717) is 22.2 Å². The van der Waals surface area contributed by atoms with E-state index in [-0.39, 0.29) is 10.6 Å². The molecule has 0 spiro atoms. The molecule has 8 heteroatoms. The van der Waals surface area contributed by atoms with Crippen LogP contribution in [0.25, 0.3) is 0 Å². The van der Waals surface area contributed by atoms with Gasteiger partial charge in [-0.2, -0.15) is 0 Å². The summed E-state index contributed by atoms with van der Waals surface area (Å²) >= 11 is 11.8. The van der Waals surface area contributed by atoms with Gasteiger partial charge in [0.1, 0.15) is 11.5 Å². The minimum Gasteiger partial charge on any atom is -0.497 e. The van der Waals surface area contributed by atoms with Crippen molar-refractivity contribution in [1.29, 1.82) is 0 Å². The summed E-state index contributed by atoms with van der Waals surface area (Å²) < 4.78 is 15.5. The number of anilines is 1. The zero-order chi connectivity index (χ0) is 19.3. The van der Waals surface area contributed by atoms with E-state index in [1.54, 1.807) is 24.3 Å². The second kappa shape index (κ2) is 8.78. The summed E-state index contributed by atoms with van der Waals surface area (Å²) in [5, 5.41) is 3.15. The predicted molar refractivity (Wildman–Crippen MR) is 99.5 cm³/mol. The van der Waals surface area contributed by atoms with Crippen LogP contribution in [0.1, 0.15) is 17.3 Å². The number of halogens is 2. The van der Waals surface area contributed by atoms with Crippen LogP contribution in [-0.2, 0) is 9.53 Å². The maximum atomic E-state index is 12.4. The van der Waals surface area contributed by atoms with E-state index >= 15 is 0 Å². The van der Waals surface area contributed by atoms with Gasteiger partial charge in [-0.25, -0.2) is 4.79 Å². The number of benzene rings is 2. The van der Waals surface area contributed by atoms with Crippen LogP contribution >= 0.6 is 23.2 Å². The first-order chi connectivity index (χ1) is 12.3. The molecule has 0 aromatic heterocycles. The Kier molecular flexibility index (Phi) is 6.71. The largest absolute Gasteiger partial charge is 0.497 e. The van der Waals surface area contributed by atoms with E-state index < -0.39 is 18.0 Å². The van der Waals surface area contributed by atoms with Crippen LogP contribution in [0.4, 0.5) is 5.69 Å². The fraction of sp³-hybridized carbons (Fsp3) is 0.222. The highest BCUT2D eigenvalue weighted by atomic mass is 35.5. The Balaban J connectivity index is 2.10. The highest BCUT2D eigenvalue weighted by molar-refractivity contribution is 6.35. The molecule has 2 aromatic rings. The smallest absolute Gasteiger partial charge is 0.340 e. The third kappa shape index (κ3) is 4.80. The molecular formula is C18H17Cl2NO5. The third-order valence-electron chi connectivity index (χ3n) is 3.47. The van der Waals surface area contributed by atoms with Crippen LogP contribution in [-0.4, -0.2) is 32.2 Å².